The van der Waals surface area contributed by atoms with Gasteiger partial charge >= 0.3 is 5.97 Å². The van der Waals surface area contributed by atoms with Crippen LogP contribution < -0.4 is 5.32 Å². The lowest BCUT2D eigenvalue weighted by Gasteiger charge is -2.26. The van der Waals surface area contributed by atoms with Crippen molar-refractivity contribution in [2.75, 3.05) is 13.2 Å². The highest BCUT2D eigenvalue weighted by atomic mass is 16.7. The van der Waals surface area contributed by atoms with Gasteiger partial charge in [0.15, 0.2) is 0 Å². The van der Waals surface area contributed by atoms with Crippen LogP contribution in [0.3, 0.4) is 0 Å². The minimum Gasteiger partial charge on any atom is -0.480 e. The monoisotopic (exact) mass is 221 g/mol. The molecule has 0 saturated carbocycles. The maximum Gasteiger partial charge on any atom is 0.320 e. The smallest absolute Gasteiger partial charge is 0.320 e. The molecule has 0 aromatic carbocycles. The summed E-state index contributed by atoms with van der Waals surface area (Å²) in [5.74, 6) is -3.00. The molecule has 7 heteroatoms. The second-order valence-electron chi connectivity index (χ2n) is 3.61. The summed E-state index contributed by atoms with van der Waals surface area (Å²) >= 11 is 0. The summed E-state index contributed by atoms with van der Waals surface area (Å²) in [6.45, 7) is 0.947. The van der Waals surface area contributed by atoms with Gasteiger partial charge in [0.1, 0.15) is 18.2 Å². The average molecular weight is 221 g/mol. The molecule has 1 aliphatic heterocycles. The van der Waals surface area contributed by atoms with Gasteiger partial charge in [0.2, 0.25) is 5.79 Å². The van der Waals surface area contributed by atoms with Gasteiger partial charge in [-0.25, -0.2) is 0 Å². The number of ether oxygens (including phenoxy) is 1. The molecule has 1 heterocycles. The highest BCUT2D eigenvalue weighted by molar-refractivity contribution is 5.72. The van der Waals surface area contributed by atoms with Gasteiger partial charge in [-0.2, -0.15) is 0 Å². The number of aliphatic hydroxyl groups is 3. The number of hydrogen-bond donors (Lipinski definition) is 5. The molecule has 0 aromatic rings. The van der Waals surface area contributed by atoms with Gasteiger partial charge in [-0.1, -0.05) is 0 Å². The fourth-order valence-electron chi connectivity index (χ4n) is 1.25. The van der Waals surface area contributed by atoms with Crippen LogP contribution in [0.2, 0.25) is 0 Å². The van der Waals surface area contributed by atoms with Crippen molar-refractivity contribution in [3.8, 4) is 0 Å². The topological polar surface area (TPSA) is 119 Å². The van der Waals surface area contributed by atoms with E-state index in [2.05, 4.69) is 5.32 Å². The molecule has 0 spiro atoms. The van der Waals surface area contributed by atoms with Gasteiger partial charge in [-0.3, -0.25) is 10.1 Å². The van der Waals surface area contributed by atoms with Crippen LogP contribution >= 0.6 is 0 Å². The SMILES string of the molecule is C[C@H](NC[C@]1(O)OC[C@@H](O)[C@H]1O)C(=O)O. The number of carboxylic acid groups (broad SMARTS) is 1. The Morgan fingerprint density at radius 2 is 2.27 bits per heavy atom. The molecule has 1 aliphatic rings. The zero-order valence-corrected chi connectivity index (χ0v) is 8.25. The van der Waals surface area contributed by atoms with Crippen LogP contribution in [0.15, 0.2) is 0 Å². The lowest BCUT2D eigenvalue weighted by molar-refractivity contribution is -0.212. The highest BCUT2D eigenvalue weighted by Gasteiger charge is 2.47. The van der Waals surface area contributed by atoms with E-state index in [4.69, 9.17) is 14.9 Å². The van der Waals surface area contributed by atoms with Crippen LogP contribution in [-0.4, -0.2) is 63.6 Å². The summed E-state index contributed by atoms with van der Waals surface area (Å²) in [6, 6.07) is -0.873. The van der Waals surface area contributed by atoms with Crippen LogP contribution in [0.25, 0.3) is 0 Å². The maximum absolute atomic E-state index is 10.5. The lowest BCUT2D eigenvalue weighted by Crippen LogP contribution is -2.53. The predicted molar refractivity (Wildman–Crippen MR) is 48.0 cm³/mol. The minimum atomic E-state index is -1.93. The quantitative estimate of drug-likeness (QED) is 0.355. The van der Waals surface area contributed by atoms with Crippen molar-refractivity contribution >= 4 is 5.97 Å². The van der Waals surface area contributed by atoms with E-state index in [1.54, 1.807) is 0 Å². The van der Waals surface area contributed by atoms with E-state index in [9.17, 15) is 15.0 Å². The van der Waals surface area contributed by atoms with E-state index in [0.29, 0.717) is 0 Å². The number of aliphatic hydroxyl groups excluding tert-OH is 2. The Morgan fingerprint density at radius 1 is 1.67 bits per heavy atom. The fourth-order valence-corrected chi connectivity index (χ4v) is 1.25. The number of carbonyl (C=O) groups is 1. The van der Waals surface area contributed by atoms with E-state index in [0.717, 1.165) is 0 Å². The Hall–Kier alpha value is -0.730. The molecule has 0 unspecified atom stereocenters. The molecule has 1 rings (SSSR count). The number of aliphatic carboxylic acids is 1. The summed E-state index contributed by atoms with van der Waals surface area (Å²) in [7, 11) is 0. The van der Waals surface area contributed by atoms with Crippen molar-refractivity contribution < 1.29 is 30.0 Å². The zero-order chi connectivity index (χ0) is 11.6. The van der Waals surface area contributed by atoms with Crippen LogP contribution in [-0.2, 0) is 9.53 Å². The molecule has 0 amide bonds. The lowest BCUT2D eigenvalue weighted by atomic mass is 10.1. The van der Waals surface area contributed by atoms with Gasteiger partial charge in [0.05, 0.1) is 13.2 Å². The molecule has 0 aliphatic carbocycles. The zero-order valence-electron chi connectivity index (χ0n) is 8.25. The molecule has 0 radical (unpaired) electrons. The summed E-state index contributed by atoms with van der Waals surface area (Å²) in [5.41, 5.74) is 0. The molecule has 1 fully saturated rings. The molecule has 4 atom stereocenters. The highest BCUT2D eigenvalue weighted by Crippen LogP contribution is 2.23. The van der Waals surface area contributed by atoms with E-state index in [-0.39, 0.29) is 13.2 Å². The molecule has 7 nitrogen and oxygen atoms in total. The molecule has 15 heavy (non-hydrogen) atoms. The number of nitrogens with one attached hydrogen (secondary N) is 1. The Kier molecular flexibility index (Phi) is 3.63. The van der Waals surface area contributed by atoms with E-state index in [1.165, 1.54) is 6.92 Å². The minimum absolute atomic E-state index is 0.180. The van der Waals surface area contributed by atoms with E-state index >= 15 is 0 Å². The van der Waals surface area contributed by atoms with E-state index in [1.807, 2.05) is 0 Å². The summed E-state index contributed by atoms with van der Waals surface area (Å²) < 4.78 is 4.80. The molecule has 0 aromatic heterocycles. The first-order valence-corrected chi connectivity index (χ1v) is 4.55. The van der Waals surface area contributed by atoms with Crippen molar-refractivity contribution in [3.63, 3.8) is 0 Å². The second kappa shape index (κ2) is 4.42. The molecule has 0 bridgehead atoms. The Bertz CT molecular complexity index is 247. The number of rotatable bonds is 4. The first-order chi connectivity index (χ1) is 6.87. The molecule has 1 saturated heterocycles. The average Bonchev–Trinajstić information content (AvgIpc) is 2.43. The van der Waals surface area contributed by atoms with Gasteiger partial charge in [0.25, 0.3) is 0 Å². The van der Waals surface area contributed by atoms with Crippen molar-refractivity contribution in [1.82, 2.24) is 5.32 Å². The molecule has 88 valence electrons. The standard InChI is InChI=1S/C8H15NO6/c1-4(7(12)13)9-3-8(14)6(11)5(10)2-15-8/h4-6,9-11,14H,2-3H2,1H3,(H,12,13)/t4-,5+,6+,8-/m0/s1. The predicted octanol–water partition coefficient (Wildman–Crippen LogP) is -2.51. The number of carboxylic acids is 1. The first kappa shape index (κ1) is 12.3. The van der Waals surface area contributed by atoms with Gasteiger partial charge in [0, 0.05) is 0 Å². The van der Waals surface area contributed by atoms with Gasteiger partial charge in [-0.15, -0.1) is 0 Å². The second-order valence-corrected chi connectivity index (χ2v) is 3.61. The Balaban J connectivity index is 2.47. The number of hydrogen-bond acceptors (Lipinski definition) is 6. The normalized spacial score (nSPS) is 37.9. The van der Waals surface area contributed by atoms with Crippen LogP contribution in [0.5, 0.6) is 0 Å². The van der Waals surface area contributed by atoms with Crippen molar-refractivity contribution in [3.05, 3.63) is 0 Å². The van der Waals surface area contributed by atoms with Gasteiger partial charge < -0.3 is 25.2 Å². The third-order valence-corrected chi connectivity index (χ3v) is 2.36. The molecular weight excluding hydrogens is 206 g/mol. The van der Waals surface area contributed by atoms with Gasteiger partial charge in [-0.05, 0) is 6.92 Å². The van der Waals surface area contributed by atoms with Crippen molar-refractivity contribution in [2.45, 2.75) is 31.0 Å². The van der Waals surface area contributed by atoms with Crippen molar-refractivity contribution in [1.29, 1.82) is 0 Å². The van der Waals surface area contributed by atoms with Crippen LogP contribution in [0, 0.1) is 0 Å². The molecular formula is C8H15NO6. The first-order valence-electron chi connectivity index (χ1n) is 4.55. The third-order valence-electron chi connectivity index (χ3n) is 2.36. The van der Waals surface area contributed by atoms with Crippen LogP contribution in [0.1, 0.15) is 6.92 Å². The molecule has 5 N–H and O–H groups in total. The maximum atomic E-state index is 10.5. The Labute approximate surface area is 86.3 Å². The van der Waals surface area contributed by atoms with E-state index < -0.39 is 30.0 Å². The Morgan fingerprint density at radius 3 is 2.67 bits per heavy atom. The summed E-state index contributed by atoms with van der Waals surface area (Å²) in [4.78, 5) is 10.5. The fraction of sp³-hybridized carbons (Fsp3) is 0.875. The summed E-state index contributed by atoms with van der Waals surface area (Å²) in [5, 5.41) is 39.2. The summed E-state index contributed by atoms with van der Waals surface area (Å²) in [6.07, 6.45) is -2.59. The van der Waals surface area contributed by atoms with Crippen LogP contribution in [0.4, 0.5) is 0 Å². The largest absolute Gasteiger partial charge is 0.480 e. The third kappa shape index (κ3) is 2.64. The van der Waals surface area contributed by atoms with Crippen molar-refractivity contribution in [2.24, 2.45) is 0 Å².